The smallest absolute Gasteiger partial charge is 0.407 e. The molecule has 0 bridgehead atoms. The second-order valence-corrected chi connectivity index (χ2v) is 4.96. The van der Waals surface area contributed by atoms with Crippen molar-refractivity contribution in [2.75, 3.05) is 12.3 Å². The van der Waals surface area contributed by atoms with Crippen molar-refractivity contribution in [1.29, 1.82) is 0 Å². The van der Waals surface area contributed by atoms with Crippen LogP contribution in [-0.2, 0) is 11.3 Å². The SMILES string of the molecule is Nc1ccc(C=CCCNC(=O)OCc2ccccc2)cc1F. The molecule has 23 heavy (non-hydrogen) atoms. The van der Waals surface area contributed by atoms with Crippen molar-refractivity contribution < 1.29 is 13.9 Å². The molecular formula is C18H19FN2O2. The normalized spacial score (nSPS) is 10.7. The molecule has 0 aliphatic carbocycles. The molecule has 120 valence electrons. The van der Waals surface area contributed by atoms with Crippen LogP contribution in [0.2, 0.25) is 0 Å². The lowest BCUT2D eigenvalue weighted by Gasteiger charge is -2.05. The molecule has 0 spiro atoms. The number of anilines is 1. The third kappa shape index (κ3) is 5.82. The average Bonchev–Trinajstić information content (AvgIpc) is 2.57. The van der Waals surface area contributed by atoms with Crippen LogP contribution in [-0.4, -0.2) is 12.6 Å². The van der Waals surface area contributed by atoms with E-state index in [-0.39, 0.29) is 12.3 Å². The van der Waals surface area contributed by atoms with Crippen LogP contribution in [0.5, 0.6) is 0 Å². The van der Waals surface area contributed by atoms with Gasteiger partial charge in [0.25, 0.3) is 0 Å². The third-order valence-electron chi connectivity index (χ3n) is 3.13. The molecule has 0 radical (unpaired) electrons. The number of rotatable bonds is 6. The Balaban J connectivity index is 1.65. The van der Waals surface area contributed by atoms with Gasteiger partial charge in [-0.15, -0.1) is 0 Å². The molecule has 2 aromatic carbocycles. The molecule has 0 atom stereocenters. The molecular weight excluding hydrogens is 295 g/mol. The topological polar surface area (TPSA) is 64.3 Å². The summed E-state index contributed by atoms with van der Waals surface area (Å²) in [6.07, 6.45) is 3.79. The number of halogens is 1. The Morgan fingerprint density at radius 2 is 2.00 bits per heavy atom. The van der Waals surface area contributed by atoms with Gasteiger partial charge < -0.3 is 15.8 Å². The first-order chi connectivity index (χ1) is 11.1. The van der Waals surface area contributed by atoms with Crippen molar-refractivity contribution in [3.05, 3.63) is 71.6 Å². The van der Waals surface area contributed by atoms with E-state index in [0.29, 0.717) is 13.0 Å². The monoisotopic (exact) mass is 314 g/mol. The number of carbonyl (C=O) groups is 1. The van der Waals surface area contributed by atoms with E-state index in [1.165, 1.54) is 12.1 Å². The van der Waals surface area contributed by atoms with Crippen molar-refractivity contribution >= 4 is 17.9 Å². The standard InChI is InChI=1S/C18H19FN2O2/c19-16-12-14(9-10-17(16)20)6-4-5-11-21-18(22)23-13-15-7-2-1-3-8-15/h1-4,6-10,12H,5,11,13,20H2,(H,21,22). The minimum Gasteiger partial charge on any atom is -0.445 e. The highest BCUT2D eigenvalue weighted by Gasteiger charge is 2.01. The maximum absolute atomic E-state index is 13.3. The first-order valence-electron chi connectivity index (χ1n) is 7.31. The van der Waals surface area contributed by atoms with E-state index in [1.807, 2.05) is 36.4 Å². The predicted molar refractivity (Wildman–Crippen MR) is 89.1 cm³/mol. The summed E-state index contributed by atoms with van der Waals surface area (Å²) in [4.78, 5) is 11.5. The van der Waals surface area contributed by atoms with Gasteiger partial charge in [0.2, 0.25) is 0 Å². The number of amides is 1. The van der Waals surface area contributed by atoms with E-state index in [2.05, 4.69) is 5.32 Å². The number of nitrogen functional groups attached to an aromatic ring is 1. The number of benzene rings is 2. The largest absolute Gasteiger partial charge is 0.445 e. The molecule has 0 aliphatic rings. The fourth-order valence-corrected chi connectivity index (χ4v) is 1.90. The van der Waals surface area contributed by atoms with Gasteiger partial charge in [-0.1, -0.05) is 48.6 Å². The van der Waals surface area contributed by atoms with Gasteiger partial charge in [-0.3, -0.25) is 0 Å². The minimum absolute atomic E-state index is 0.130. The molecule has 3 N–H and O–H groups in total. The molecule has 0 unspecified atom stereocenters. The van der Waals surface area contributed by atoms with Crippen LogP contribution in [0.3, 0.4) is 0 Å². The number of carbonyl (C=O) groups excluding carboxylic acids is 1. The summed E-state index contributed by atoms with van der Waals surface area (Å²) in [7, 11) is 0. The Labute approximate surface area is 134 Å². The van der Waals surface area contributed by atoms with Gasteiger partial charge in [-0.05, 0) is 29.7 Å². The Kier molecular flexibility index (Phi) is 6.17. The molecule has 2 aromatic rings. The summed E-state index contributed by atoms with van der Waals surface area (Å²) < 4.78 is 18.3. The fraction of sp³-hybridized carbons (Fsp3) is 0.167. The summed E-state index contributed by atoms with van der Waals surface area (Å²) >= 11 is 0. The second kappa shape index (κ2) is 8.58. The fourth-order valence-electron chi connectivity index (χ4n) is 1.90. The summed E-state index contributed by atoms with van der Waals surface area (Å²) in [5.74, 6) is -0.435. The minimum atomic E-state index is -0.458. The quantitative estimate of drug-likeness (QED) is 0.630. The number of alkyl carbamates (subject to hydrolysis) is 1. The third-order valence-corrected chi connectivity index (χ3v) is 3.13. The van der Waals surface area contributed by atoms with Crippen LogP contribution in [0.1, 0.15) is 17.5 Å². The summed E-state index contributed by atoms with van der Waals surface area (Å²) in [5.41, 5.74) is 7.20. The Bertz CT molecular complexity index is 672. The predicted octanol–water partition coefficient (Wildman–Crippen LogP) is 3.74. The van der Waals surface area contributed by atoms with Gasteiger partial charge >= 0.3 is 6.09 Å². The average molecular weight is 314 g/mol. The van der Waals surface area contributed by atoms with Crippen LogP contribution in [0.25, 0.3) is 6.08 Å². The van der Waals surface area contributed by atoms with Crippen molar-refractivity contribution in [2.45, 2.75) is 13.0 Å². The number of nitrogens with two attached hydrogens (primary N) is 1. The van der Waals surface area contributed by atoms with Gasteiger partial charge in [-0.2, -0.15) is 0 Å². The highest BCUT2D eigenvalue weighted by molar-refractivity contribution is 5.67. The maximum Gasteiger partial charge on any atom is 0.407 e. The van der Waals surface area contributed by atoms with E-state index in [9.17, 15) is 9.18 Å². The molecule has 2 rings (SSSR count). The van der Waals surface area contributed by atoms with Gasteiger partial charge in [0.05, 0.1) is 5.69 Å². The van der Waals surface area contributed by atoms with Gasteiger partial charge in [-0.25, -0.2) is 9.18 Å². The number of nitrogens with one attached hydrogen (secondary N) is 1. The van der Waals surface area contributed by atoms with Gasteiger partial charge in [0, 0.05) is 6.54 Å². The molecule has 0 saturated carbocycles. The second-order valence-electron chi connectivity index (χ2n) is 4.96. The summed E-state index contributed by atoms with van der Waals surface area (Å²) in [5, 5.41) is 2.65. The van der Waals surface area contributed by atoms with E-state index < -0.39 is 11.9 Å². The van der Waals surface area contributed by atoms with Crippen LogP contribution in [0.4, 0.5) is 14.9 Å². The van der Waals surface area contributed by atoms with Crippen LogP contribution < -0.4 is 11.1 Å². The molecule has 5 heteroatoms. The Morgan fingerprint density at radius 1 is 1.22 bits per heavy atom. The van der Waals surface area contributed by atoms with E-state index in [0.717, 1.165) is 11.1 Å². The van der Waals surface area contributed by atoms with Crippen LogP contribution >= 0.6 is 0 Å². The van der Waals surface area contributed by atoms with Crippen LogP contribution in [0.15, 0.2) is 54.6 Å². The Hall–Kier alpha value is -2.82. The molecule has 0 fully saturated rings. The molecule has 0 aliphatic heterocycles. The first kappa shape index (κ1) is 16.5. The molecule has 1 amide bonds. The van der Waals surface area contributed by atoms with Crippen molar-refractivity contribution in [2.24, 2.45) is 0 Å². The van der Waals surface area contributed by atoms with Crippen LogP contribution in [0, 0.1) is 5.82 Å². The summed E-state index contributed by atoms with van der Waals surface area (Å²) in [6.45, 7) is 0.689. The number of ether oxygens (including phenoxy) is 1. The van der Waals surface area contributed by atoms with Gasteiger partial charge in [0.15, 0.2) is 0 Å². The molecule has 4 nitrogen and oxygen atoms in total. The molecule has 0 aromatic heterocycles. The molecule has 0 heterocycles. The lowest BCUT2D eigenvalue weighted by atomic mass is 10.2. The Morgan fingerprint density at radius 3 is 2.74 bits per heavy atom. The first-order valence-corrected chi connectivity index (χ1v) is 7.31. The highest BCUT2D eigenvalue weighted by Crippen LogP contribution is 2.13. The van der Waals surface area contributed by atoms with E-state index >= 15 is 0 Å². The summed E-state index contributed by atoms with van der Waals surface area (Å²) in [6, 6.07) is 14.1. The zero-order chi connectivity index (χ0) is 16.5. The maximum atomic E-state index is 13.3. The van der Waals surface area contributed by atoms with Crippen molar-refractivity contribution in [3.63, 3.8) is 0 Å². The lowest BCUT2D eigenvalue weighted by Crippen LogP contribution is -2.24. The zero-order valence-corrected chi connectivity index (χ0v) is 12.7. The number of hydrogen-bond acceptors (Lipinski definition) is 3. The van der Waals surface area contributed by atoms with Gasteiger partial charge in [0.1, 0.15) is 12.4 Å². The van der Waals surface area contributed by atoms with E-state index in [1.54, 1.807) is 12.1 Å². The number of hydrogen-bond donors (Lipinski definition) is 2. The van der Waals surface area contributed by atoms with E-state index in [4.69, 9.17) is 10.5 Å². The molecule has 0 saturated heterocycles. The zero-order valence-electron chi connectivity index (χ0n) is 12.7. The highest BCUT2D eigenvalue weighted by atomic mass is 19.1. The van der Waals surface area contributed by atoms with Crippen molar-refractivity contribution in [3.8, 4) is 0 Å². The lowest BCUT2D eigenvalue weighted by molar-refractivity contribution is 0.140. The van der Waals surface area contributed by atoms with Crippen molar-refractivity contribution in [1.82, 2.24) is 5.32 Å².